The van der Waals surface area contributed by atoms with Gasteiger partial charge in [0, 0.05) is 45.3 Å². The molecule has 1 aromatic rings. The van der Waals surface area contributed by atoms with Crippen molar-refractivity contribution >= 4 is 21.5 Å². The van der Waals surface area contributed by atoms with E-state index in [1.165, 1.54) is 0 Å². The summed E-state index contributed by atoms with van der Waals surface area (Å²) < 4.78 is 31.6. The van der Waals surface area contributed by atoms with Crippen LogP contribution in [0.25, 0.3) is 0 Å². The lowest BCUT2D eigenvalue weighted by molar-refractivity contribution is 0.122. The van der Waals surface area contributed by atoms with Gasteiger partial charge in [0.05, 0.1) is 30.9 Å². The summed E-state index contributed by atoms with van der Waals surface area (Å²) in [5, 5.41) is 8.38. The topological polar surface area (TPSA) is 78.9 Å². The largest absolute Gasteiger partial charge is 0.378 e. The lowest BCUT2D eigenvalue weighted by Gasteiger charge is -2.35. The summed E-state index contributed by atoms with van der Waals surface area (Å²) in [6.45, 7) is 7.48. The van der Waals surface area contributed by atoms with Crippen LogP contribution in [0.1, 0.15) is 19.8 Å². The number of sulfonamides is 1. The van der Waals surface area contributed by atoms with Crippen molar-refractivity contribution in [2.45, 2.75) is 19.8 Å². The first-order valence-electron chi connectivity index (χ1n) is 8.98. The molecule has 0 unspecified atom stereocenters. The Balaban J connectivity index is 1.61. The predicted octanol–water partition coefficient (Wildman–Crippen LogP) is 0.565. The average Bonchev–Trinajstić information content (AvgIpc) is 2.67. The Morgan fingerprint density at radius 3 is 2.48 bits per heavy atom. The van der Waals surface area contributed by atoms with Gasteiger partial charge in [0.1, 0.15) is 0 Å². The molecule has 8 nitrogen and oxygen atoms in total. The summed E-state index contributed by atoms with van der Waals surface area (Å²) in [5.41, 5.74) is 1.05. The molecule has 3 rings (SSSR count). The number of morpholine rings is 1. The third-order valence-electron chi connectivity index (χ3n) is 4.72. The molecular formula is C16H27N5O3S. The molecule has 0 spiro atoms. The second-order valence-electron chi connectivity index (χ2n) is 6.43. The number of hydrogen-bond acceptors (Lipinski definition) is 7. The van der Waals surface area contributed by atoms with Gasteiger partial charge in [-0.3, -0.25) is 0 Å². The third-order valence-corrected chi connectivity index (χ3v) is 6.67. The molecule has 0 amide bonds. The molecule has 0 radical (unpaired) electrons. The van der Waals surface area contributed by atoms with Gasteiger partial charge < -0.3 is 14.5 Å². The summed E-state index contributed by atoms with van der Waals surface area (Å²) >= 11 is 0. The Bertz CT molecular complexity index is 655. The highest BCUT2D eigenvalue weighted by Gasteiger charge is 2.27. The molecule has 0 saturated carbocycles. The van der Waals surface area contributed by atoms with E-state index in [1.54, 1.807) is 10.5 Å². The molecule has 9 heteroatoms. The fraction of sp³-hybridized carbons (Fsp3) is 0.750. The number of anilines is 2. The van der Waals surface area contributed by atoms with Crippen LogP contribution >= 0.6 is 0 Å². The molecule has 0 aliphatic carbocycles. The first kappa shape index (κ1) is 18.3. The third kappa shape index (κ3) is 4.59. The average molecular weight is 369 g/mol. The summed E-state index contributed by atoms with van der Waals surface area (Å²) in [5.74, 6) is 1.06. The van der Waals surface area contributed by atoms with Gasteiger partial charge in [-0.1, -0.05) is 13.3 Å². The minimum Gasteiger partial charge on any atom is -0.378 e. The van der Waals surface area contributed by atoms with Crippen molar-refractivity contribution in [1.82, 2.24) is 14.5 Å². The number of ether oxygens (including phenoxy) is 1. The Kier molecular flexibility index (Phi) is 6.08. The minimum absolute atomic E-state index is 0.246. The maximum atomic E-state index is 12.3. The van der Waals surface area contributed by atoms with E-state index in [1.807, 2.05) is 13.0 Å². The van der Waals surface area contributed by atoms with Crippen molar-refractivity contribution in [2.24, 2.45) is 0 Å². The fourth-order valence-electron chi connectivity index (χ4n) is 3.15. The number of aromatic nitrogens is 2. The standard InChI is InChI=1S/C16H27N5O3S/c1-2-3-12-25(22,23)21-6-4-20(5-7-21)16-13-15(14-17-18-16)19-8-10-24-11-9-19/h13-14H,2-12H2,1H3. The number of nitrogens with zero attached hydrogens (tertiary/aromatic N) is 5. The number of hydrogen-bond donors (Lipinski definition) is 0. The van der Waals surface area contributed by atoms with Gasteiger partial charge in [0.15, 0.2) is 5.82 Å². The van der Waals surface area contributed by atoms with Gasteiger partial charge >= 0.3 is 0 Å². The van der Waals surface area contributed by atoms with Crippen molar-refractivity contribution < 1.29 is 13.2 Å². The quantitative estimate of drug-likeness (QED) is 0.725. The summed E-state index contributed by atoms with van der Waals surface area (Å²) in [6, 6.07) is 2.04. The molecule has 2 aliphatic rings. The van der Waals surface area contributed by atoms with Crippen LogP contribution in [0.3, 0.4) is 0 Å². The first-order chi connectivity index (χ1) is 12.1. The van der Waals surface area contributed by atoms with Crippen molar-refractivity contribution in [3.05, 3.63) is 12.3 Å². The van der Waals surface area contributed by atoms with E-state index in [4.69, 9.17) is 4.74 Å². The molecule has 0 bridgehead atoms. The zero-order valence-corrected chi connectivity index (χ0v) is 15.6. The van der Waals surface area contributed by atoms with E-state index >= 15 is 0 Å². The molecule has 25 heavy (non-hydrogen) atoms. The molecule has 2 fully saturated rings. The van der Waals surface area contributed by atoms with Crippen LogP contribution in [0, 0.1) is 0 Å². The van der Waals surface area contributed by atoms with Crippen LogP contribution in [0.2, 0.25) is 0 Å². The van der Waals surface area contributed by atoms with Crippen molar-refractivity contribution in [1.29, 1.82) is 0 Å². The Hall–Kier alpha value is -1.45. The highest BCUT2D eigenvalue weighted by molar-refractivity contribution is 7.89. The van der Waals surface area contributed by atoms with E-state index in [2.05, 4.69) is 20.0 Å². The maximum Gasteiger partial charge on any atom is 0.214 e. The Labute approximate surface area is 149 Å². The Morgan fingerprint density at radius 2 is 1.80 bits per heavy atom. The van der Waals surface area contributed by atoms with Gasteiger partial charge in [0.25, 0.3) is 0 Å². The molecule has 140 valence electrons. The van der Waals surface area contributed by atoms with E-state index < -0.39 is 10.0 Å². The molecule has 3 heterocycles. The van der Waals surface area contributed by atoms with Crippen molar-refractivity contribution in [2.75, 3.05) is 68.0 Å². The second-order valence-corrected chi connectivity index (χ2v) is 8.52. The zero-order valence-electron chi connectivity index (χ0n) is 14.8. The summed E-state index contributed by atoms with van der Waals surface area (Å²) in [6.07, 6.45) is 3.39. The zero-order chi connectivity index (χ0) is 17.7. The SMILES string of the molecule is CCCCS(=O)(=O)N1CCN(c2cc(N3CCOCC3)cnn2)CC1. The van der Waals surface area contributed by atoms with Crippen LogP contribution in [-0.2, 0) is 14.8 Å². The van der Waals surface area contributed by atoms with Crippen molar-refractivity contribution in [3.63, 3.8) is 0 Å². The molecule has 0 N–H and O–H groups in total. The van der Waals surface area contributed by atoms with Gasteiger partial charge in [-0.05, 0) is 6.42 Å². The van der Waals surface area contributed by atoms with Crippen LogP contribution in [0.4, 0.5) is 11.5 Å². The minimum atomic E-state index is -3.13. The fourth-order valence-corrected chi connectivity index (χ4v) is 4.78. The normalized spacial score (nSPS) is 20.0. The van der Waals surface area contributed by atoms with Crippen LogP contribution in [0.15, 0.2) is 12.3 Å². The van der Waals surface area contributed by atoms with Crippen molar-refractivity contribution in [3.8, 4) is 0 Å². The summed E-state index contributed by atoms with van der Waals surface area (Å²) in [7, 11) is -3.13. The predicted molar refractivity (Wildman–Crippen MR) is 97.5 cm³/mol. The van der Waals surface area contributed by atoms with Gasteiger partial charge in [-0.2, -0.15) is 9.40 Å². The number of rotatable bonds is 6. The first-order valence-corrected chi connectivity index (χ1v) is 10.6. The van der Waals surface area contributed by atoms with E-state index in [-0.39, 0.29) is 5.75 Å². The van der Waals surface area contributed by atoms with Gasteiger partial charge in [-0.15, -0.1) is 5.10 Å². The molecule has 0 atom stereocenters. The molecule has 2 saturated heterocycles. The molecule has 2 aliphatic heterocycles. The smallest absolute Gasteiger partial charge is 0.214 e. The second kappa shape index (κ2) is 8.29. The molecule has 1 aromatic heterocycles. The monoisotopic (exact) mass is 369 g/mol. The number of piperazine rings is 1. The maximum absolute atomic E-state index is 12.3. The molecular weight excluding hydrogens is 342 g/mol. The lowest BCUT2D eigenvalue weighted by Crippen LogP contribution is -2.49. The van der Waals surface area contributed by atoms with E-state index in [0.29, 0.717) is 26.2 Å². The van der Waals surface area contributed by atoms with Crippen LogP contribution < -0.4 is 9.80 Å². The van der Waals surface area contributed by atoms with Crippen LogP contribution in [-0.4, -0.2) is 81.2 Å². The highest BCUT2D eigenvalue weighted by atomic mass is 32.2. The summed E-state index contributed by atoms with van der Waals surface area (Å²) in [4.78, 5) is 4.36. The van der Waals surface area contributed by atoms with E-state index in [9.17, 15) is 8.42 Å². The number of unbranched alkanes of at least 4 members (excludes halogenated alkanes) is 1. The lowest BCUT2D eigenvalue weighted by atomic mass is 10.3. The van der Waals surface area contributed by atoms with Crippen LogP contribution in [0.5, 0.6) is 0 Å². The van der Waals surface area contributed by atoms with Gasteiger partial charge in [-0.25, -0.2) is 8.42 Å². The van der Waals surface area contributed by atoms with E-state index in [0.717, 1.165) is 50.7 Å². The highest BCUT2D eigenvalue weighted by Crippen LogP contribution is 2.21. The molecule has 0 aromatic carbocycles. The Morgan fingerprint density at radius 1 is 1.08 bits per heavy atom. The van der Waals surface area contributed by atoms with Gasteiger partial charge in [0.2, 0.25) is 10.0 Å².